The molecule has 0 amide bonds. The van der Waals surface area contributed by atoms with Gasteiger partial charge in [-0.15, -0.1) is 0 Å². The van der Waals surface area contributed by atoms with Crippen LogP contribution in [0.1, 0.15) is 10.5 Å². The fourth-order valence-electron chi connectivity index (χ4n) is 1.10. The van der Waals surface area contributed by atoms with E-state index < -0.39 is 5.97 Å². The SMILES string of the molecule is COC(=O)c1cc2cncn2c(Cl)n1. The summed E-state index contributed by atoms with van der Waals surface area (Å²) in [6.45, 7) is 0. The summed E-state index contributed by atoms with van der Waals surface area (Å²) < 4.78 is 6.09. The summed E-state index contributed by atoms with van der Waals surface area (Å²) in [6.07, 6.45) is 3.10. The highest BCUT2D eigenvalue weighted by Crippen LogP contribution is 2.12. The highest BCUT2D eigenvalue weighted by atomic mass is 35.5. The lowest BCUT2D eigenvalue weighted by atomic mass is 10.4. The van der Waals surface area contributed by atoms with Crippen molar-refractivity contribution in [1.82, 2.24) is 14.4 Å². The first-order chi connectivity index (χ1) is 6.72. The summed E-state index contributed by atoms with van der Waals surface area (Å²) >= 11 is 5.81. The Balaban J connectivity index is 2.64. The molecule has 0 spiro atoms. The third-order valence-corrected chi connectivity index (χ3v) is 2.02. The van der Waals surface area contributed by atoms with Crippen molar-refractivity contribution in [3.63, 3.8) is 0 Å². The predicted molar refractivity (Wildman–Crippen MR) is 49.3 cm³/mol. The van der Waals surface area contributed by atoms with Crippen LogP contribution in [-0.2, 0) is 4.74 Å². The van der Waals surface area contributed by atoms with E-state index in [-0.39, 0.29) is 11.0 Å². The second-order valence-corrected chi connectivity index (χ2v) is 2.93. The van der Waals surface area contributed by atoms with Crippen LogP contribution < -0.4 is 0 Å². The van der Waals surface area contributed by atoms with Crippen LogP contribution in [0.4, 0.5) is 0 Å². The molecule has 72 valence electrons. The molecule has 0 aliphatic rings. The zero-order valence-corrected chi connectivity index (χ0v) is 8.02. The lowest BCUT2D eigenvalue weighted by Crippen LogP contribution is -2.05. The Morgan fingerprint density at radius 2 is 2.43 bits per heavy atom. The molecule has 2 aromatic heterocycles. The summed E-state index contributed by atoms with van der Waals surface area (Å²) in [5.41, 5.74) is 0.871. The normalized spacial score (nSPS) is 10.4. The maximum atomic E-state index is 11.2. The van der Waals surface area contributed by atoms with E-state index in [1.165, 1.54) is 13.4 Å². The van der Waals surface area contributed by atoms with Gasteiger partial charge in [0.05, 0.1) is 18.8 Å². The number of esters is 1. The molecule has 0 radical (unpaired) electrons. The fraction of sp³-hybridized carbons (Fsp3) is 0.125. The first-order valence-electron chi connectivity index (χ1n) is 3.79. The van der Waals surface area contributed by atoms with Crippen molar-refractivity contribution in [2.75, 3.05) is 7.11 Å². The van der Waals surface area contributed by atoms with Gasteiger partial charge in [0, 0.05) is 0 Å². The fourth-order valence-corrected chi connectivity index (χ4v) is 1.33. The number of carbonyl (C=O) groups excluding carboxylic acids is 1. The van der Waals surface area contributed by atoms with Gasteiger partial charge in [-0.1, -0.05) is 0 Å². The summed E-state index contributed by atoms with van der Waals surface area (Å²) in [4.78, 5) is 18.9. The average molecular weight is 212 g/mol. The van der Waals surface area contributed by atoms with Gasteiger partial charge in [0.1, 0.15) is 6.33 Å². The molecule has 0 saturated carbocycles. The van der Waals surface area contributed by atoms with Crippen molar-refractivity contribution in [3.05, 3.63) is 29.6 Å². The summed E-state index contributed by atoms with van der Waals surface area (Å²) in [5.74, 6) is -0.518. The van der Waals surface area contributed by atoms with Crippen LogP contribution in [0, 0.1) is 0 Å². The van der Waals surface area contributed by atoms with E-state index >= 15 is 0 Å². The number of nitrogens with zero attached hydrogens (tertiary/aromatic N) is 3. The number of fused-ring (bicyclic) bond motifs is 1. The molecule has 5 nitrogen and oxygen atoms in total. The molecular formula is C8H6ClN3O2. The Bertz CT molecular complexity index is 494. The Morgan fingerprint density at radius 3 is 3.14 bits per heavy atom. The number of methoxy groups -OCH3 is 1. The zero-order valence-electron chi connectivity index (χ0n) is 7.27. The summed E-state index contributed by atoms with van der Waals surface area (Å²) in [7, 11) is 1.29. The summed E-state index contributed by atoms with van der Waals surface area (Å²) in [5, 5.41) is 0.181. The molecule has 0 bridgehead atoms. The van der Waals surface area contributed by atoms with Crippen LogP contribution in [0.3, 0.4) is 0 Å². The second-order valence-electron chi connectivity index (χ2n) is 2.59. The van der Waals surface area contributed by atoms with E-state index in [0.717, 1.165) is 0 Å². The van der Waals surface area contributed by atoms with E-state index in [1.807, 2.05) is 0 Å². The van der Waals surface area contributed by atoms with Crippen molar-refractivity contribution in [2.45, 2.75) is 0 Å². The minimum absolute atomic E-state index is 0.172. The molecule has 0 aliphatic carbocycles. The lowest BCUT2D eigenvalue weighted by Gasteiger charge is -2.00. The van der Waals surface area contributed by atoms with Crippen molar-refractivity contribution in [1.29, 1.82) is 0 Å². The number of rotatable bonds is 1. The molecule has 0 atom stereocenters. The Hall–Kier alpha value is -1.62. The van der Waals surface area contributed by atoms with Gasteiger partial charge in [0.2, 0.25) is 5.28 Å². The number of carbonyl (C=O) groups is 1. The average Bonchev–Trinajstić information content (AvgIpc) is 2.64. The second kappa shape index (κ2) is 3.26. The van der Waals surface area contributed by atoms with Gasteiger partial charge in [0.25, 0.3) is 0 Å². The zero-order chi connectivity index (χ0) is 10.1. The largest absolute Gasteiger partial charge is 0.464 e. The Morgan fingerprint density at radius 1 is 1.64 bits per heavy atom. The molecule has 14 heavy (non-hydrogen) atoms. The van der Waals surface area contributed by atoms with E-state index in [4.69, 9.17) is 11.6 Å². The number of hydrogen-bond donors (Lipinski definition) is 0. The highest BCUT2D eigenvalue weighted by Gasteiger charge is 2.10. The Labute approximate surface area is 84.3 Å². The van der Waals surface area contributed by atoms with Crippen molar-refractivity contribution >= 4 is 23.1 Å². The molecule has 0 unspecified atom stereocenters. The molecule has 2 aromatic rings. The van der Waals surface area contributed by atoms with Crippen LogP contribution in [0.15, 0.2) is 18.6 Å². The number of aromatic nitrogens is 3. The van der Waals surface area contributed by atoms with Gasteiger partial charge >= 0.3 is 5.97 Å². The van der Waals surface area contributed by atoms with Crippen LogP contribution in [-0.4, -0.2) is 27.4 Å². The third kappa shape index (κ3) is 1.31. The quantitative estimate of drug-likeness (QED) is 0.525. The van der Waals surface area contributed by atoms with Crippen LogP contribution in [0.5, 0.6) is 0 Å². The third-order valence-electron chi connectivity index (χ3n) is 1.76. The lowest BCUT2D eigenvalue weighted by molar-refractivity contribution is 0.0594. The van der Waals surface area contributed by atoms with Gasteiger partial charge < -0.3 is 4.74 Å². The number of imidazole rings is 1. The number of ether oxygens (including phenoxy) is 1. The molecule has 2 rings (SSSR count). The van der Waals surface area contributed by atoms with Gasteiger partial charge in [-0.25, -0.2) is 14.8 Å². The van der Waals surface area contributed by atoms with E-state index in [0.29, 0.717) is 5.52 Å². The molecule has 0 aromatic carbocycles. The number of hydrogen-bond acceptors (Lipinski definition) is 4. The van der Waals surface area contributed by atoms with Crippen molar-refractivity contribution in [2.24, 2.45) is 0 Å². The minimum Gasteiger partial charge on any atom is -0.464 e. The standard InChI is InChI=1S/C8H6ClN3O2/c1-14-7(13)6-2-5-3-10-4-12(5)8(9)11-6/h2-4H,1H3. The van der Waals surface area contributed by atoms with Gasteiger partial charge in [-0.2, -0.15) is 0 Å². The molecule has 0 aliphatic heterocycles. The van der Waals surface area contributed by atoms with E-state index in [2.05, 4.69) is 14.7 Å². The highest BCUT2D eigenvalue weighted by molar-refractivity contribution is 6.28. The smallest absolute Gasteiger partial charge is 0.356 e. The van der Waals surface area contributed by atoms with Gasteiger partial charge in [-0.05, 0) is 17.7 Å². The predicted octanol–water partition coefficient (Wildman–Crippen LogP) is 1.17. The molecule has 0 saturated heterocycles. The Kier molecular flexibility index (Phi) is 2.09. The number of halogens is 1. The topological polar surface area (TPSA) is 56.5 Å². The maximum absolute atomic E-state index is 11.2. The molecule has 0 fully saturated rings. The first kappa shape index (κ1) is 8.96. The molecule has 2 heterocycles. The van der Waals surface area contributed by atoms with Gasteiger partial charge in [0.15, 0.2) is 5.69 Å². The molecule has 6 heteroatoms. The van der Waals surface area contributed by atoms with Crippen LogP contribution in [0.25, 0.3) is 5.52 Å². The monoisotopic (exact) mass is 211 g/mol. The molecular weight excluding hydrogens is 206 g/mol. The van der Waals surface area contributed by atoms with E-state index in [9.17, 15) is 4.79 Å². The maximum Gasteiger partial charge on any atom is 0.356 e. The molecule has 0 N–H and O–H groups in total. The van der Waals surface area contributed by atoms with Crippen LogP contribution in [0.2, 0.25) is 5.28 Å². The van der Waals surface area contributed by atoms with Crippen molar-refractivity contribution < 1.29 is 9.53 Å². The van der Waals surface area contributed by atoms with E-state index in [1.54, 1.807) is 16.7 Å². The first-order valence-corrected chi connectivity index (χ1v) is 4.17. The van der Waals surface area contributed by atoms with Gasteiger partial charge in [-0.3, -0.25) is 4.40 Å². The summed E-state index contributed by atoms with van der Waals surface area (Å²) in [6, 6.07) is 1.56. The minimum atomic E-state index is -0.518. The van der Waals surface area contributed by atoms with Crippen molar-refractivity contribution in [3.8, 4) is 0 Å². The van der Waals surface area contributed by atoms with Crippen LogP contribution >= 0.6 is 11.6 Å².